The molecule has 106 valence electrons. The summed E-state index contributed by atoms with van der Waals surface area (Å²) in [7, 11) is 0. The van der Waals surface area contributed by atoms with Gasteiger partial charge in [-0.25, -0.2) is 0 Å². The summed E-state index contributed by atoms with van der Waals surface area (Å²) in [6.07, 6.45) is 1.66. The number of nitrogens with two attached hydrogens (primary N) is 1. The predicted molar refractivity (Wildman–Crippen MR) is 81.6 cm³/mol. The second kappa shape index (κ2) is 7.68. The number of aliphatic hydroxyl groups is 1. The first-order valence-electron chi connectivity index (χ1n) is 6.96. The lowest BCUT2D eigenvalue weighted by molar-refractivity contribution is 0.253. The molecule has 0 unspecified atom stereocenters. The third-order valence-corrected chi connectivity index (χ3v) is 3.20. The van der Waals surface area contributed by atoms with E-state index in [9.17, 15) is 0 Å². The van der Waals surface area contributed by atoms with Crippen molar-refractivity contribution in [3.05, 3.63) is 54.1 Å². The molecule has 3 nitrogen and oxygen atoms in total. The van der Waals surface area contributed by atoms with Gasteiger partial charge in [0.15, 0.2) is 0 Å². The maximum absolute atomic E-state index is 8.70. The van der Waals surface area contributed by atoms with Crippen LogP contribution in [0, 0.1) is 0 Å². The second-order valence-corrected chi connectivity index (χ2v) is 4.70. The van der Waals surface area contributed by atoms with Crippen molar-refractivity contribution in [2.75, 3.05) is 13.2 Å². The Balaban J connectivity index is 1.96. The fraction of sp³-hybridized carbons (Fsp3) is 0.294. The zero-order valence-corrected chi connectivity index (χ0v) is 11.6. The van der Waals surface area contributed by atoms with Gasteiger partial charge in [-0.2, -0.15) is 0 Å². The van der Waals surface area contributed by atoms with E-state index in [0.717, 1.165) is 29.7 Å². The third-order valence-electron chi connectivity index (χ3n) is 3.20. The summed E-state index contributed by atoms with van der Waals surface area (Å²) >= 11 is 0. The molecule has 0 bridgehead atoms. The van der Waals surface area contributed by atoms with Crippen LogP contribution in [0.5, 0.6) is 5.75 Å². The minimum atomic E-state index is 0.223. The molecular weight excluding hydrogens is 250 g/mol. The molecule has 3 heteroatoms. The van der Waals surface area contributed by atoms with E-state index < -0.39 is 0 Å². The van der Waals surface area contributed by atoms with E-state index in [0.29, 0.717) is 13.2 Å². The molecule has 0 fully saturated rings. The van der Waals surface area contributed by atoms with E-state index in [4.69, 9.17) is 15.6 Å². The molecule has 0 radical (unpaired) electrons. The van der Waals surface area contributed by atoms with Gasteiger partial charge in [-0.1, -0.05) is 36.4 Å². The first kappa shape index (κ1) is 14.6. The zero-order chi connectivity index (χ0) is 14.2. The Hall–Kier alpha value is -1.84. The lowest BCUT2D eigenvalue weighted by atomic mass is 10.0. The number of aliphatic hydroxyl groups excluding tert-OH is 1. The van der Waals surface area contributed by atoms with Crippen LogP contribution in [0.4, 0.5) is 0 Å². The van der Waals surface area contributed by atoms with Crippen molar-refractivity contribution in [1.82, 2.24) is 0 Å². The molecule has 0 aromatic heterocycles. The van der Waals surface area contributed by atoms with Gasteiger partial charge in [-0.3, -0.25) is 0 Å². The van der Waals surface area contributed by atoms with Crippen LogP contribution in [0.2, 0.25) is 0 Å². The van der Waals surface area contributed by atoms with Crippen LogP contribution in [-0.2, 0) is 6.54 Å². The summed E-state index contributed by atoms with van der Waals surface area (Å²) in [5, 5.41) is 8.70. The molecule has 0 aliphatic carbocycles. The van der Waals surface area contributed by atoms with E-state index >= 15 is 0 Å². The van der Waals surface area contributed by atoms with E-state index in [1.165, 1.54) is 5.56 Å². The van der Waals surface area contributed by atoms with Crippen molar-refractivity contribution in [2.24, 2.45) is 5.73 Å². The molecule has 0 aliphatic heterocycles. The Morgan fingerprint density at radius 2 is 1.45 bits per heavy atom. The molecule has 2 aromatic carbocycles. The summed E-state index contributed by atoms with van der Waals surface area (Å²) < 4.78 is 5.61. The number of hydrogen-bond donors (Lipinski definition) is 2. The van der Waals surface area contributed by atoms with Gasteiger partial charge in [0, 0.05) is 13.2 Å². The highest BCUT2D eigenvalue weighted by atomic mass is 16.5. The van der Waals surface area contributed by atoms with Crippen LogP contribution >= 0.6 is 0 Å². The highest BCUT2D eigenvalue weighted by Gasteiger charge is 1.99. The van der Waals surface area contributed by atoms with Crippen LogP contribution < -0.4 is 10.5 Å². The standard InChI is InChI=1S/C17H21NO2/c18-13-14-3-5-15(6-4-14)16-7-9-17(10-8-16)20-12-2-1-11-19/h3-10,19H,1-2,11-13,18H2. The molecule has 0 aliphatic rings. The average Bonchev–Trinajstić information content (AvgIpc) is 2.52. The summed E-state index contributed by atoms with van der Waals surface area (Å²) in [6.45, 7) is 1.44. The Morgan fingerprint density at radius 3 is 2.00 bits per heavy atom. The van der Waals surface area contributed by atoms with Gasteiger partial charge in [-0.15, -0.1) is 0 Å². The Kier molecular flexibility index (Phi) is 5.59. The lowest BCUT2D eigenvalue weighted by Gasteiger charge is -2.07. The average molecular weight is 271 g/mol. The van der Waals surface area contributed by atoms with Crippen LogP contribution in [0.1, 0.15) is 18.4 Å². The number of rotatable bonds is 7. The Morgan fingerprint density at radius 1 is 0.850 bits per heavy atom. The molecule has 2 aromatic rings. The molecule has 0 saturated heterocycles. The largest absolute Gasteiger partial charge is 0.494 e. The number of ether oxygens (including phenoxy) is 1. The fourth-order valence-electron chi connectivity index (χ4n) is 1.98. The van der Waals surface area contributed by atoms with Crippen molar-refractivity contribution >= 4 is 0 Å². The third kappa shape index (κ3) is 4.08. The summed E-state index contributed by atoms with van der Waals surface area (Å²) in [6, 6.07) is 16.3. The summed E-state index contributed by atoms with van der Waals surface area (Å²) in [4.78, 5) is 0. The van der Waals surface area contributed by atoms with Crippen LogP contribution in [0.25, 0.3) is 11.1 Å². The molecular formula is C17H21NO2. The minimum Gasteiger partial charge on any atom is -0.494 e. The highest BCUT2D eigenvalue weighted by Crippen LogP contribution is 2.22. The molecule has 0 atom stereocenters. The minimum absolute atomic E-state index is 0.223. The topological polar surface area (TPSA) is 55.5 Å². The molecule has 2 rings (SSSR count). The van der Waals surface area contributed by atoms with Gasteiger partial charge in [-0.05, 0) is 41.7 Å². The number of unbranched alkanes of at least 4 members (excludes halogenated alkanes) is 1. The zero-order valence-electron chi connectivity index (χ0n) is 11.6. The van der Waals surface area contributed by atoms with Gasteiger partial charge in [0.25, 0.3) is 0 Å². The van der Waals surface area contributed by atoms with Crippen molar-refractivity contribution < 1.29 is 9.84 Å². The van der Waals surface area contributed by atoms with Crippen LogP contribution in [0.15, 0.2) is 48.5 Å². The molecule has 3 N–H and O–H groups in total. The van der Waals surface area contributed by atoms with Gasteiger partial charge < -0.3 is 15.6 Å². The van der Waals surface area contributed by atoms with Gasteiger partial charge >= 0.3 is 0 Å². The van der Waals surface area contributed by atoms with E-state index in [1.807, 2.05) is 12.1 Å². The smallest absolute Gasteiger partial charge is 0.119 e. The maximum atomic E-state index is 8.70. The van der Waals surface area contributed by atoms with Crippen molar-refractivity contribution in [1.29, 1.82) is 0 Å². The molecule has 0 spiro atoms. The SMILES string of the molecule is NCc1ccc(-c2ccc(OCCCCO)cc2)cc1. The predicted octanol–water partition coefficient (Wildman–Crippen LogP) is 2.96. The van der Waals surface area contributed by atoms with Gasteiger partial charge in [0.1, 0.15) is 5.75 Å². The fourth-order valence-corrected chi connectivity index (χ4v) is 1.98. The summed E-state index contributed by atoms with van der Waals surface area (Å²) in [5.74, 6) is 0.866. The molecule has 0 heterocycles. The van der Waals surface area contributed by atoms with Crippen molar-refractivity contribution in [3.63, 3.8) is 0 Å². The highest BCUT2D eigenvalue weighted by molar-refractivity contribution is 5.64. The van der Waals surface area contributed by atoms with Crippen molar-refractivity contribution in [2.45, 2.75) is 19.4 Å². The first-order chi connectivity index (χ1) is 9.83. The molecule has 0 amide bonds. The monoisotopic (exact) mass is 271 g/mol. The number of hydrogen-bond acceptors (Lipinski definition) is 3. The lowest BCUT2D eigenvalue weighted by Crippen LogP contribution is -1.98. The second-order valence-electron chi connectivity index (χ2n) is 4.70. The Bertz CT molecular complexity index is 506. The van der Waals surface area contributed by atoms with Gasteiger partial charge in [0.05, 0.1) is 6.61 Å². The molecule has 0 saturated carbocycles. The quantitative estimate of drug-likeness (QED) is 0.761. The van der Waals surface area contributed by atoms with E-state index in [2.05, 4.69) is 36.4 Å². The van der Waals surface area contributed by atoms with Crippen LogP contribution in [0.3, 0.4) is 0 Å². The normalized spacial score (nSPS) is 10.5. The van der Waals surface area contributed by atoms with Crippen LogP contribution in [-0.4, -0.2) is 18.3 Å². The number of benzene rings is 2. The van der Waals surface area contributed by atoms with Crippen molar-refractivity contribution in [3.8, 4) is 16.9 Å². The maximum Gasteiger partial charge on any atom is 0.119 e. The van der Waals surface area contributed by atoms with Gasteiger partial charge in [0.2, 0.25) is 0 Å². The van der Waals surface area contributed by atoms with E-state index in [-0.39, 0.29) is 6.61 Å². The Labute approximate surface area is 120 Å². The molecule has 20 heavy (non-hydrogen) atoms. The van der Waals surface area contributed by atoms with E-state index in [1.54, 1.807) is 0 Å². The summed E-state index contributed by atoms with van der Waals surface area (Å²) in [5.41, 5.74) is 9.07. The first-order valence-corrected chi connectivity index (χ1v) is 6.96.